The van der Waals surface area contributed by atoms with Crippen LogP contribution in [0.1, 0.15) is 32.0 Å². The minimum absolute atomic E-state index is 0.110. The number of benzene rings is 1. The van der Waals surface area contributed by atoms with Crippen molar-refractivity contribution in [3.8, 4) is 0 Å². The van der Waals surface area contributed by atoms with Gasteiger partial charge in [-0.3, -0.25) is 14.5 Å². The second kappa shape index (κ2) is 10.0. The highest BCUT2D eigenvalue weighted by Crippen LogP contribution is 2.20. The van der Waals surface area contributed by atoms with Crippen LogP contribution in [-0.4, -0.2) is 87.6 Å². The Balaban J connectivity index is 1.36. The van der Waals surface area contributed by atoms with Crippen molar-refractivity contribution in [1.29, 1.82) is 0 Å². The number of amides is 2. The summed E-state index contributed by atoms with van der Waals surface area (Å²) in [6, 6.07) is 7.90. The minimum Gasteiger partial charge on any atom is -0.341 e. The number of para-hydroxylation sites is 2. The van der Waals surface area contributed by atoms with Crippen LogP contribution in [0.15, 0.2) is 24.3 Å². The van der Waals surface area contributed by atoms with Gasteiger partial charge in [-0.25, -0.2) is 4.98 Å². The van der Waals surface area contributed by atoms with Crippen molar-refractivity contribution in [2.45, 2.75) is 44.5 Å². The van der Waals surface area contributed by atoms with Crippen LogP contribution in [0.4, 0.5) is 0 Å². The number of imidazole rings is 1. The fraction of sp³-hybridized carbons (Fsp3) is 0.609. The first-order valence-electron chi connectivity index (χ1n) is 11.3. The number of carbonyl (C=O) groups is 2. The number of carbonyl (C=O) groups excluding carboxylic acids is 2. The molecule has 2 aliphatic heterocycles. The molecular weight excluding hydrogens is 410 g/mol. The van der Waals surface area contributed by atoms with Gasteiger partial charge in [0.1, 0.15) is 12.4 Å². The topological polar surface area (TPSA) is 61.7 Å². The Hall–Kier alpha value is -2.06. The van der Waals surface area contributed by atoms with Gasteiger partial charge in [-0.2, -0.15) is 11.8 Å². The Bertz CT molecular complexity index is 916. The lowest BCUT2D eigenvalue weighted by atomic mass is 10.1. The van der Waals surface area contributed by atoms with Crippen LogP contribution in [0.25, 0.3) is 11.0 Å². The highest BCUT2D eigenvalue weighted by molar-refractivity contribution is 7.97. The van der Waals surface area contributed by atoms with Gasteiger partial charge in [0.05, 0.1) is 22.8 Å². The second-order valence-electron chi connectivity index (χ2n) is 8.51. The number of thioether (sulfide) groups is 1. The van der Waals surface area contributed by atoms with Crippen molar-refractivity contribution in [3.63, 3.8) is 0 Å². The van der Waals surface area contributed by atoms with Gasteiger partial charge < -0.3 is 14.4 Å². The Morgan fingerprint density at radius 2 is 1.71 bits per heavy atom. The maximum absolute atomic E-state index is 13.1. The van der Waals surface area contributed by atoms with Crippen LogP contribution >= 0.6 is 11.8 Å². The molecule has 168 valence electrons. The van der Waals surface area contributed by atoms with E-state index in [-0.39, 0.29) is 17.9 Å². The summed E-state index contributed by atoms with van der Waals surface area (Å²) in [5.74, 6) is 2.10. The lowest BCUT2D eigenvalue weighted by Gasteiger charge is -2.39. The van der Waals surface area contributed by atoms with E-state index in [1.54, 1.807) is 11.8 Å². The summed E-state index contributed by atoms with van der Waals surface area (Å²) >= 11 is 1.71. The fourth-order valence-electron chi connectivity index (χ4n) is 4.67. The quantitative estimate of drug-likeness (QED) is 0.686. The van der Waals surface area contributed by atoms with E-state index >= 15 is 0 Å². The zero-order valence-corrected chi connectivity index (χ0v) is 19.4. The minimum atomic E-state index is -0.110. The van der Waals surface area contributed by atoms with E-state index in [0.29, 0.717) is 19.6 Å². The summed E-state index contributed by atoms with van der Waals surface area (Å²) in [4.78, 5) is 36.8. The molecule has 0 saturated carbocycles. The van der Waals surface area contributed by atoms with E-state index in [4.69, 9.17) is 4.98 Å². The Labute approximate surface area is 188 Å². The number of fused-ring (bicyclic) bond motifs is 1. The molecule has 4 rings (SSSR count). The summed E-state index contributed by atoms with van der Waals surface area (Å²) in [5.41, 5.74) is 1.95. The number of likely N-dealkylation sites (tertiary alicyclic amines) is 1. The lowest BCUT2D eigenvalue weighted by molar-refractivity contribution is -0.139. The highest BCUT2D eigenvalue weighted by atomic mass is 32.2. The second-order valence-corrected chi connectivity index (χ2v) is 9.38. The predicted molar refractivity (Wildman–Crippen MR) is 125 cm³/mol. The van der Waals surface area contributed by atoms with Crippen molar-refractivity contribution in [2.24, 2.45) is 0 Å². The standard InChI is InChI=1S/C23H33N5O2S/c1-18(23(30)27-10-6-3-7-11-27)25-12-14-26(15-13-25)22(29)16-28-20-9-5-4-8-19(20)24-21(28)17-31-2/h4-5,8-9,18H,3,6-7,10-17H2,1-2H3. The van der Waals surface area contributed by atoms with E-state index < -0.39 is 0 Å². The molecule has 31 heavy (non-hydrogen) atoms. The number of piperidine rings is 1. The largest absolute Gasteiger partial charge is 0.341 e. The molecule has 0 spiro atoms. The number of hydrogen-bond donors (Lipinski definition) is 0. The number of piperazine rings is 1. The van der Waals surface area contributed by atoms with Gasteiger partial charge in [0.25, 0.3) is 0 Å². The summed E-state index contributed by atoms with van der Waals surface area (Å²) < 4.78 is 2.06. The Morgan fingerprint density at radius 1 is 1.00 bits per heavy atom. The molecule has 0 N–H and O–H groups in total. The molecule has 2 amide bonds. The van der Waals surface area contributed by atoms with Crippen molar-refractivity contribution in [2.75, 3.05) is 45.5 Å². The number of hydrogen-bond acceptors (Lipinski definition) is 5. The van der Waals surface area contributed by atoms with E-state index in [2.05, 4.69) is 15.7 Å². The van der Waals surface area contributed by atoms with Gasteiger partial charge in [-0.1, -0.05) is 12.1 Å². The zero-order chi connectivity index (χ0) is 21.8. The molecule has 1 unspecified atom stereocenters. The van der Waals surface area contributed by atoms with E-state index in [0.717, 1.165) is 61.6 Å². The molecular formula is C23H33N5O2S. The molecule has 2 aliphatic rings. The van der Waals surface area contributed by atoms with Gasteiger partial charge in [0, 0.05) is 39.3 Å². The van der Waals surface area contributed by atoms with Crippen LogP contribution in [0.3, 0.4) is 0 Å². The highest BCUT2D eigenvalue weighted by Gasteiger charge is 2.30. The third-order valence-electron chi connectivity index (χ3n) is 6.54. The van der Waals surface area contributed by atoms with Gasteiger partial charge in [0.15, 0.2) is 0 Å². The number of rotatable bonds is 6. The van der Waals surface area contributed by atoms with E-state index in [9.17, 15) is 9.59 Å². The van der Waals surface area contributed by atoms with E-state index in [1.807, 2.05) is 41.0 Å². The van der Waals surface area contributed by atoms with Gasteiger partial charge >= 0.3 is 0 Å². The first-order valence-corrected chi connectivity index (χ1v) is 12.7. The van der Waals surface area contributed by atoms with Gasteiger partial charge in [-0.15, -0.1) is 0 Å². The lowest BCUT2D eigenvalue weighted by Crippen LogP contribution is -2.56. The van der Waals surface area contributed by atoms with Crippen molar-refractivity contribution in [1.82, 2.24) is 24.3 Å². The Morgan fingerprint density at radius 3 is 2.42 bits per heavy atom. The molecule has 1 aromatic heterocycles. The van der Waals surface area contributed by atoms with E-state index in [1.165, 1.54) is 6.42 Å². The normalized spacial score (nSPS) is 19.0. The monoisotopic (exact) mass is 443 g/mol. The average Bonchev–Trinajstić information content (AvgIpc) is 3.16. The van der Waals surface area contributed by atoms with Crippen molar-refractivity contribution >= 4 is 34.6 Å². The van der Waals surface area contributed by atoms with Crippen LogP contribution in [0.5, 0.6) is 0 Å². The zero-order valence-electron chi connectivity index (χ0n) is 18.6. The average molecular weight is 444 g/mol. The molecule has 8 heteroatoms. The molecule has 3 heterocycles. The Kier molecular flexibility index (Phi) is 7.17. The third-order valence-corrected chi connectivity index (χ3v) is 7.09. The predicted octanol–water partition coefficient (Wildman–Crippen LogP) is 2.44. The third kappa shape index (κ3) is 4.90. The smallest absolute Gasteiger partial charge is 0.242 e. The molecule has 1 atom stereocenters. The summed E-state index contributed by atoms with van der Waals surface area (Å²) in [6.07, 6.45) is 5.51. The maximum atomic E-state index is 13.1. The van der Waals surface area contributed by atoms with Crippen LogP contribution < -0.4 is 0 Å². The first kappa shape index (κ1) is 22.1. The number of nitrogens with zero attached hydrogens (tertiary/aromatic N) is 5. The molecule has 0 radical (unpaired) electrons. The summed E-state index contributed by atoms with van der Waals surface area (Å²) in [5, 5.41) is 0. The number of aromatic nitrogens is 2. The molecule has 0 aliphatic carbocycles. The SMILES string of the molecule is CSCc1nc2ccccc2n1CC(=O)N1CCN(C(C)C(=O)N2CCCCC2)CC1. The van der Waals surface area contributed by atoms with Crippen LogP contribution in [-0.2, 0) is 21.9 Å². The molecule has 7 nitrogen and oxygen atoms in total. The van der Waals surface area contributed by atoms with Crippen molar-refractivity contribution in [3.05, 3.63) is 30.1 Å². The van der Waals surface area contributed by atoms with Crippen LogP contribution in [0, 0.1) is 0 Å². The summed E-state index contributed by atoms with van der Waals surface area (Å²) in [6.45, 7) is 6.93. The summed E-state index contributed by atoms with van der Waals surface area (Å²) in [7, 11) is 0. The molecule has 2 fully saturated rings. The van der Waals surface area contributed by atoms with Crippen LogP contribution in [0.2, 0.25) is 0 Å². The molecule has 1 aromatic carbocycles. The van der Waals surface area contributed by atoms with Gasteiger partial charge in [0.2, 0.25) is 11.8 Å². The molecule has 0 bridgehead atoms. The van der Waals surface area contributed by atoms with Crippen molar-refractivity contribution < 1.29 is 9.59 Å². The first-order chi connectivity index (χ1) is 15.1. The molecule has 2 saturated heterocycles. The maximum Gasteiger partial charge on any atom is 0.242 e. The molecule has 2 aromatic rings. The van der Waals surface area contributed by atoms with Gasteiger partial charge in [-0.05, 0) is 44.6 Å². The fourth-order valence-corrected chi connectivity index (χ4v) is 5.15.